The highest BCUT2D eigenvalue weighted by atomic mass is 16.6. The van der Waals surface area contributed by atoms with Crippen molar-refractivity contribution in [1.82, 2.24) is 14.9 Å². The van der Waals surface area contributed by atoms with Crippen LogP contribution in [-0.2, 0) is 25.4 Å². The first-order chi connectivity index (χ1) is 15.8. The quantitative estimate of drug-likeness (QED) is 0.667. The molecular weight excluding hydrogens is 440 g/mol. The van der Waals surface area contributed by atoms with Crippen LogP contribution in [0.25, 0.3) is 0 Å². The largest absolute Gasteiger partial charge is 0.442 e. The molecular formula is C24H34N4O6. The molecule has 186 valence electrons. The average Bonchev–Trinajstić information content (AvgIpc) is 3.13. The number of carbonyl (C=O) groups excluding carboxylic acids is 3. The van der Waals surface area contributed by atoms with Gasteiger partial charge in [-0.15, -0.1) is 0 Å². The summed E-state index contributed by atoms with van der Waals surface area (Å²) in [5.41, 5.74) is -2.71. The molecule has 1 atom stereocenters. The van der Waals surface area contributed by atoms with Gasteiger partial charge in [-0.3, -0.25) is 4.79 Å². The predicted molar refractivity (Wildman–Crippen MR) is 125 cm³/mol. The van der Waals surface area contributed by atoms with E-state index >= 15 is 0 Å². The zero-order chi connectivity index (χ0) is 25.1. The highest BCUT2D eigenvalue weighted by Crippen LogP contribution is 2.34. The van der Waals surface area contributed by atoms with E-state index in [2.05, 4.69) is 4.99 Å². The van der Waals surface area contributed by atoms with Crippen molar-refractivity contribution < 1.29 is 28.6 Å². The number of benzene rings is 1. The Labute approximate surface area is 200 Å². The number of nitrogens with zero attached hydrogens (tertiary/aromatic N) is 4. The van der Waals surface area contributed by atoms with Gasteiger partial charge in [0.1, 0.15) is 17.5 Å². The van der Waals surface area contributed by atoms with E-state index in [0.29, 0.717) is 26.3 Å². The third-order valence-electron chi connectivity index (χ3n) is 5.03. The Kier molecular flexibility index (Phi) is 7.21. The van der Waals surface area contributed by atoms with Gasteiger partial charge in [0.15, 0.2) is 0 Å². The number of carbonyl (C=O) groups is 3. The lowest BCUT2D eigenvalue weighted by molar-refractivity contribution is -0.153. The smallest absolute Gasteiger partial charge is 0.435 e. The van der Waals surface area contributed by atoms with Crippen LogP contribution in [0.3, 0.4) is 0 Å². The second kappa shape index (κ2) is 9.61. The van der Waals surface area contributed by atoms with Crippen LogP contribution in [0.2, 0.25) is 0 Å². The second-order valence-corrected chi connectivity index (χ2v) is 10.2. The summed E-state index contributed by atoms with van der Waals surface area (Å²) >= 11 is 0. The number of aliphatic imine (C=N–C) groups is 1. The zero-order valence-corrected chi connectivity index (χ0v) is 20.7. The van der Waals surface area contributed by atoms with Crippen molar-refractivity contribution in [2.45, 2.75) is 64.8 Å². The number of hydrogen-bond donors (Lipinski definition) is 0. The molecule has 1 fully saturated rings. The minimum atomic E-state index is -1.77. The summed E-state index contributed by atoms with van der Waals surface area (Å²) in [5.74, 6) is -0.423. The fraction of sp³-hybridized carbons (Fsp3) is 0.583. The van der Waals surface area contributed by atoms with Crippen molar-refractivity contribution in [3.8, 4) is 0 Å². The Balaban J connectivity index is 2.09. The minimum absolute atomic E-state index is 0.0407. The van der Waals surface area contributed by atoms with Crippen LogP contribution in [0.1, 0.15) is 47.1 Å². The second-order valence-electron chi connectivity index (χ2n) is 10.2. The maximum atomic E-state index is 14.0. The lowest BCUT2D eigenvalue weighted by Crippen LogP contribution is -2.65. The fourth-order valence-corrected chi connectivity index (χ4v) is 3.66. The van der Waals surface area contributed by atoms with E-state index in [1.165, 1.54) is 6.34 Å². The molecule has 0 saturated carbocycles. The lowest BCUT2D eigenvalue weighted by Gasteiger charge is -2.41. The molecule has 0 aliphatic carbocycles. The number of hydrazine groups is 1. The predicted octanol–water partition coefficient (Wildman–Crippen LogP) is 3.22. The van der Waals surface area contributed by atoms with Gasteiger partial charge in [0.25, 0.3) is 5.91 Å². The van der Waals surface area contributed by atoms with Crippen molar-refractivity contribution in [2.24, 2.45) is 4.99 Å². The number of rotatable bonds is 3. The monoisotopic (exact) mass is 474 g/mol. The van der Waals surface area contributed by atoms with Crippen LogP contribution in [-0.4, -0.2) is 82.5 Å². The first-order valence-electron chi connectivity index (χ1n) is 11.3. The van der Waals surface area contributed by atoms with E-state index in [1.54, 1.807) is 46.4 Å². The van der Waals surface area contributed by atoms with Gasteiger partial charge in [-0.05, 0) is 47.1 Å². The molecule has 10 heteroatoms. The lowest BCUT2D eigenvalue weighted by atomic mass is 9.97. The molecule has 0 spiro atoms. The molecule has 3 amide bonds. The van der Waals surface area contributed by atoms with E-state index in [4.69, 9.17) is 14.2 Å². The molecule has 3 rings (SSSR count). The molecule has 10 nitrogen and oxygen atoms in total. The standard InChI is InChI=1S/C24H34N4O6/c1-22(2,3)33-20(30)27-17-25-24(16-18-10-8-7-9-11-18,19(29)26-12-14-32-15-13-26)28(27)21(31)34-23(4,5)6/h7-11,17H,12-16H2,1-6H3. The van der Waals surface area contributed by atoms with Gasteiger partial charge < -0.3 is 19.1 Å². The van der Waals surface area contributed by atoms with Crippen LogP contribution in [0.5, 0.6) is 0 Å². The van der Waals surface area contributed by atoms with Gasteiger partial charge >= 0.3 is 12.2 Å². The van der Waals surface area contributed by atoms with Crippen molar-refractivity contribution in [3.05, 3.63) is 35.9 Å². The summed E-state index contributed by atoms with van der Waals surface area (Å²) in [6, 6.07) is 9.21. The first-order valence-corrected chi connectivity index (χ1v) is 11.3. The van der Waals surface area contributed by atoms with Gasteiger partial charge in [-0.1, -0.05) is 30.3 Å². The van der Waals surface area contributed by atoms with Gasteiger partial charge in [0.2, 0.25) is 5.66 Å². The van der Waals surface area contributed by atoms with Crippen LogP contribution >= 0.6 is 0 Å². The van der Waals surface area contributed by atoms with E-state index in [9.17, 15) is 14.4 Å². The van der Waals surface area contributed by atoms with Crippen LogP contribution in [0, 0.1) is 0 Å². The highest BCUT2D eigenvalue weighted by molar-refractivity contribution is 5.97. The van der Waals surface area contributed by atoms with E-state index in [0.717, 1.165) is 15.6 Å². The fourth-order valence-electron chi connectivity index (χ4n) is 3.66. The molecule has 2 aliphatic heterocycles. The van der Waals surface area contributed by atoms with Crippen LogP contribution in [0.15, 0.2) is 35.3 Å². The molecule has 1 aromatic rings. The van der Waals surface area contributed by atoms with E-state index in [-0.39, 0.29) is 6.42 Å². The Hall–Kier alpha value is -3.14. The van der Waals surface area contributed by atoms with Crippen molar-refractivity contribution in [1.29, 1.82) is 0 Å². The molecule has 2 heterocycles. The summed E-state index contributed by atoms with van der Waals surface area (Å²) in [6.07, 6.45) is -0.515. The molecule has 1 aromatic carbocycles. The topological polar surface area (TPSA) is 101 Å². The van der Waals surface area contributed by atoms with Gasteiger partial charge in [0.05, 0.1) is 13.2 Å². The zero-order valence-electron chi connectivity index (χ0n) is 20.7. The Morgan fingerprint density at radius 2 is 1.50 bits per heavy atom. The number of ether oxygens (including phenoxy) is 3. The Morgan fingerprint density at radius 3 is 2.06 bits per heavy atom. The Bertz CT molecular complexity index is 931. The number of morpholine rings is 1. The number of hydrogen-bond acceptors (Lipinski definition) is 7. The minimum Gasteiger partial charge on any atom is -0.442 e. The summed E-state index contributed by atoms with van der Waals surface area (Å²) in [5, 5.41) is 1.91. The molecule has 1 unspecified atom stereocenters. The van der Waals surface area contributed by atoms with Crippen LogP contribution in [0.4, 0.5) is 9.59 Å². The summed E-state index contributed by atoms with van der Waals surface area (Å²) in [7, 11) is 0. The third kappa shape index (κ3) is 5.85. The Morgan fingerprint density at radius 1 is 0.941 bits per heavy atom. The third-order valence-corrected chi connectivity index (χ3v) is 5.03. The molecule has 34 heavy (non-hydrogen) atoms. The van der Waals surface area contributed by atoms with Crippen LogP contribution < -0.4 is 0 Å². The highest BCUT2D eigenvalue weighted by Gasteiger charge is 2.57. The maximum Gasteiger partial charge on any atom is 0.435 e. The van der Waals surface area contributed by atoms with E-state index in [1.807, 2.05) is 30.3 Å². The maximum absolute atomic E-state index is 14.0. The molecule has 0 aromatic heterocycles. The normalized spacial score (nSPS) is 20.9. The molecule has 0 bridgehead atoms. The molecule has 0 radical (unpaired) electrons. The summed E-state index contributed by atoms with van der Waals surface area (Å²) < 4.78 is 16.5. The molecule has 1 saturated heterocycles. The van der Waals surface area contributed by atoms with Gasteiger partial charge in [0, 0.05) is 19.5 Å². The van der Waals surface area contributed by atoms with E-state index < -0.39 is 35.0 Å². The first kappa shape index (κ1) is 25.5. The summed E-state index contributed by atoms with van der Waals surface area (Å²) in [4.78, 5) is 46.7. The van der Waals surface area contributed by atoms with Gasteiger partial charge in [-0.2, -0.15) is 10.0 Å². The molecule has 2 aliphatic rings. The molecule has 0 N–H and O–H groups in total. The number of amides is 3. The summed E-state index contributed by atoms with van der Waals surface area (Å²) in [6.45, 7) is 11.7. The van der Waals surface area contributed by atoms with Crippen molar-refractivity contribution in [2.75, 3.05) is 26.3 Å². The average molecular weight is 475 g/mol. The van der Waals surface area contributed by atoms with Gasteiger partial charge in [-0.25, -0.2) is 14.6 Å². The van der Waals surface area contributed by atoms with Crippen molar-refractivity contribution in [3.63, 3.8) is 0 Å². The SMILES string of the molecule is CC(C)(C)OC(=O)N1C=NC(Cc2ccccc2)(C(=O)N2CCOCC2)N1C(=O)OC(C)(C)C. The van der Waals surface area contributed by atoms with Crippen molar-refractivity contribution >= 4 is 24.4 Å².